The molecule has 0 unspecified atom stereocenters. The van der Waals surface area contributed by atoms with Crippen LogP contribution in [-0.2, 0) is 16.4 Å². The average molecular weight is 404 g/mol. The number of hydrogen-bond acceptors (Lipinski definition) is 5. The number of sulfone groups is 1. The largest absolute Gasteiger partial charge is 0.496 e. The van der Waals surface area contributed by atoms with E-state index >= 15 is 0 Å². The zero-order valence-corrected chi connectivity index (χ0v) is 16.9. The summed E-state index contributed by atoms with van der Waals surface area (Å²) in [5.74, 6) is 1.11. The molecule has 1 fully saturated rings. The first kappa shape index (κ1) is 20.2. The van der Waals surface area contributed by atoms with Gasteiger partial charge in [0.2, 0.25) is 0 Å². The number of hydrogen-bond donors (Lipinski definition) is 0. The van der Waals surface area contributed by atoms with E-state index < -0.39 is 9.84 Å². The molecule has 3 rings (SSSR count). The van der Waals surface area contributed by atoms with Crippen molar-refractivity contribution in [3.63, 3.8) is 0 Å². The van der Waals surface area contributed by atoms with Crippen molar-refractivity contribution in [1.82, 2.24) is 4.90 Å². The molecule has 0 spiro atoms. The van der Waals surface area contributed by atoms with Gasteiger partial charge < -0.3 is 14.4 Å². The number of nitrogens with zero attached hydrogens (tertiary/aromatic N) is 1. The van der Waals surface area contributed by atoms with Crippen molar-refractivity contribution in [2.24, 2.45) is 0 Å². The van der Waals surface area contributed by atoms with E-state index in [2.05, 4.69) is 0 Å². The highest BCUT2D eigenvalue weighted by molar-refractivity contribution is 7.91. The molecule has 0 aromatic heterocycles. The molecule has 1 aliphatic heterocycles. The normalized spacial score (nSPS) is 17.9. The highest BCUT2D eigenvalue weighted by Gasteiger charge is 2.35. The lowest BCUT2D eigenvalue weighted by Crippen LogP contribution is -2.40. The predicted octanol–water partition coefficient (Wildman–Crippen LogP) is 2.92. The molecule has 1 heterocycles. The minimum Gasteiger partial charge on any atom is -0.496 e. The van der Waals surface area contributed by atoms with Crippen molar-refractivity contribution in [3.8, 4) is 11.5 Å². The van der Waals surface area contributed by atoms with Gasteiger partial charge in [0, 0.05) is 12.6 Å². The molecule has 150 valence electrons. The molecule has 1 saturated heterocycles. The first-order chi connectivity index (χ1) is 13.4. The first-order valence-corrected chi connectivity index (χ1v) is 11.1. The van der Waals surface area contributed by atoms with Crippen LogP contribution in [0.3, 0.4) is 0 Å². The van der Waals surface area contributed by atoms with Crippen LogP contribution in [0.25, 0.3) is 0 Å². The van der Waals surface area contributed by atoms with Crippen LogP contribution in [-0.4, -0.2) is 50.5 Å². The van der Waals surface area contributed by atoms with Gasteiger partial charge in [-0.15, -0.1) is 0 Å². The maximum atomic E-state index is 13.3. The van der Waals surface area contributed by atoms with Crippen LogP contribution in [0.15, 0.2) is 48.5 Å². The van der Waals surface area contributed by atoms with Gasteiger partial charge >= 0.3 is 0 Å². The average Bonchev–Trinajstić information content (AvgIpc) is 3.06. The topological polar surface area (TPSA) is 72.9 Å². The lowest BCUT2D eigenvalue weighted by Gasteiger charge is -2.29. The standard InChI is InChI=1S/C21H25NO5S/c1-3-27-18-10-8-16(9-11-18)14-22(17-12-13-28(24,25)15-17)21(23)19-6-4-5-7-20(19)26-2/h4-11,17H,3,12-15H2,1-2H3/t17-/m1/s1. The number of rotatable bonds is 7. The minimum absolute atomic E-state index is 0.00901. The van der Waals surface area contributed by atoms with Gasteiger partial charge in [-0.1, -0.05) is 24.3 Å². The summed E-state index contributed by atoms with van der Waals surface area (Å²) in [4.78, 5) is 15.0. The van der Waals surface area contributed by atoms with Crippen LogP contribution in [0.2, 0.25) is 0 Å². The molecule has 0 bridgehead atoms. The van der Waals surface area contributed by atoms with E-state index in [-0.39, 0.29) is 23.5 Å². The molecular formula is C21H25NO5S. The maximum Gasteiger partial charge on any atom is 0.258 e. The molecule has 2 aromatic rings. The van der Waals surface area contributed by atoms with Gasteiger partial charge in [0.05, 0.1) is 30.8 Å². The molecule has 0 radical (unpaired) electrons. The highest BCUT2D eigenvalue weighted by atomic mass is 32.2. The second-order valence-corrected chi connectivity index (χ2v) is 9.00. The number of para-hydroxylation sites is 1. The fraction of sp³-hybridized carbons (Fsp3) is 0.381. The van der Waals surface area contributed by atoms with Crippen molar-refractivity contribution >= 4 is 15.7 Å². The second kappa shape index (κ2) is 8.65. The van der Waals surface area contributed by atoms with Crippen LogP contribution < -0.4 is 9.47 Å². The van der Waals surface area contributed by atoms with E-state index in [0.717, 1.165) is 11.3 Å². The Hall–Kier alpha value is -2.54. The molecule has 1 amide bonds. The fourth-order valence-corrected chi connectivity index (χ4v) is 5.15. The fourth-order valence-electron chi connectivity index (χ4n) is 3.42. The first-order valence-electron chi connectivity index (χ1n) is 9.29. The molecule has 2 aromatic carbocycles. The number of methoxy groups -OCH3 is 1. The molecule has 0 saturated carbocycles. The minimum atomic E-state index is -3.12. The third-order valence-corrected chi connectivity index (χ3v) is 6.59. The number of carbonyl (C=O) groups is 1. The van der Waals surface area contributed by atoms with Crippen molar-refractivity contribution in [2.45, 2.75) is 25.9 Å². The molecule has 0 aliphatic carbocycles. The summed E-state index contributed by atoms with van der Waals surface area (Å²) in [5.41, 5.74) is 1.34. The van der Waals surface area contributed by atoms with E-state index in [1.165, 1.54) is 7.11 Å². The summed E-state index contributed by atoms with van der Waals surface area (Å²) >= 11 is 0. The molecule has 1 atom stereocenters. The molecule has 0 N–H and O–H groups in total. The Morgan fingerprint density at radius 3 is 2.46 bits per heavy atom. The number of benzene rings is 2. The molecule has 28 heavy (non-hydrogen) atoms. The van der Waals surface area contributed by atoms with E-state index in [1.807, 2.05) is 31.2 Å². The molecule has 1 aliphatic rings. The molecule has 6 nitrogen and oxygen atoms in total. The summed E-state index contributed by atoms with van der Waals surface area (Å²) in [6.07, 6.45) is 0.445. The summed E-state index contributed by atoms with van der Waals surface area (Å²) in [5, 5.41) is 0. The lowest BCUT2D eigenvalue weighted by atomic mass is 10.1. The van der Waals surface area contributed by atoms with Crippen LogP contribution in [0, 0.1) is 0 Å². The Balaban J connectivity index is 1.90. The molecule has 7 heteroatoms. The number of carbonyl (C=O) groups excluding carboxylic acids is 1. The smallest absolute Gasteiger partial charge is 0.258 e. The SMILES string of the molecule is CCOc1ccc(CN(C(=O)c2ccccc2OC)[C@@H]2CCS(=O)(=O)C2)cc1. The summed E-state index contributed by atoms with van der Waals surface area (Å²) in [6, 6.07) is 14.2. The van der Waals surface area contributed by atoms with Crippen LogP contribution in [0.4, 0.5) is 0 Å². The van der Waals surface area contributed by atoms with Crippen molar-refractivity contribution < 1.29 is 22.7 Å². The van der Waals surface area contributed by atoms with E-state index in [9.17, 15) is 13.2 Å². The zero-order chi connectivity index (χ0) is 20.1. The van der Waals surface area contributed by atoms with Gasteiger partial charge in [-0.3, -0.25) is 4.79 Å². The van der Waals surface area contributed by atoms with Crippen molar-refractivity contribution in [2.75, 3.05) is 25.2 Å². The Labute approximate surface area is 166 Å². The lowest BCUT2D eigenvalue weighted by molar-refractivity contribution is 0.0677. The van der Waals surface area contributed by atoms with E-state index in [0.29, 0.717) is 30.9 Å². The van der Waals surface area contributed by atoms with E-state index in [1.54, 1.807) is 29.2 Å². The van der Waals surface area contributed by atoms with Crippen molar-refractivity contribution in [3.05, 3.63) is 59.7 Å². The van der Waals surface area contributed by atoms with Crippen LogP contribution in [0.5, 0.6) is 11.5 Å². The summed E-state index contributed by atoms with van der Waals surface area (Å²) < 4.78 is 34.8. The number of ether oxygens (including phenoxy) is 2. The van der Waals surface area contributed by atoms with Gasteiger partial charge in [0.1, 0.15) is 11.5 Å². The Kier molecular flexibility index (Phi) is 6.24. The number of amides is 1. The molecular weight excluding hydrogens is 378 g/mol. The van der Waals surface area contributed by atoms with E-state index in [4.69, 9.17) is 9.47 Å². The highest BCUT2D eigenvalue weighted by Crippen LogP contribution is 2.26. The third kappa shape index (κ3) is 4.65. The van der Waals surface area contributed by atoms with Crippen LogP contribution in [0.1, 0.15) is 29.3 Å². The third-order valence-electron chi connectivity index (χ3n) is 4.83. The van der Waals surface area contributed by atoms with Gasteiger partial charge in [0.15, 0.2) is 9.84 Å². The Morgan fingerprint density at radius 1 is 1.14 bits per heavy atom. The Morgan fingerprint density at radius 2 is 1.86 bits per heavy atom. The van der Waals surface area contributed by atoms with Gasteiger partial charge in [-0.2, -0.15) is 0 Å². The Bertz CT molecular complexity index is 924. The monoisotopic (exact) mass is 403 g/mol. The van der Waals surface area contributed by atoms with Crippen molar-refractivity contribution in [1.29, 1.82) is 0 Å². The quantitative estimate of drug-likeness (QED) is 0.711. The van der Waals surface area contributed by atoms with Gasteiger partial charge in [-0.05, 0) is 43.2 Å². The summed E-state index contributed by atoms with van der Waals surface area (Å²) in [6.45, 7) is 2.82. The maximum absolute atomic E-state index is 13.3. The van der Waals surface area contributed by atoms with Gasteiger partial charge in [0.25, 0.3) is 5.91 Å². The zero-order valence-electron chi connectivity index (χ0n) is 16.1. The van der Waals surface area contributed by atoms with Crippen LogP contribution >= 0.6 is 0 Å². The van der Waals surface area contributed by atoms with Gasteiger partial charge in [-0.25, -0.2) is 8.42 Å². The second-order valence-electron chi connectivity index (χ2n) is 6.77. The predicted molar refractivity (Wildman–Crippen MR) is 108 cm³/mol. The summed E-state index contributed by atoms with van der Waals surface area (Å²) in [7, 11) is -1.61.